The maximum atomic E-state index is 10.5. The Labute approximate surface area is 286 Å². The largest absolute Gasteiger partial charge is 0.386 e. The topological polar surface area (TPSA) is 94.1 Å². The van der Waals surface area contributed by atoms with E-state index in [0.717, 1.165) is 25.7 Å². The Morgan fingerprint density at radius 1 is 0.674 bits per heavy atom. The van der Waals surface area contributed by atoms with Crippen LogP contribution in [0.15, 0.2) is 24.3 Å². The van der Waals surface area contributed by atoms with Crippen LogP contribution in [0, 0.1) is 17.8 Å². The van der Waals surface area contributed by atoms with Crippen molar-refractivity contribution < 1.29 is 45.7 Å². The minimum Gasteiger partial charge on any atom is -0.386 e. The summed E-state index contributed by atoms with van der Waals surface area (Å²) in [5.41, 5.74) is 0. The molecule has 0 bridgehead atoms. The molecule has 0 saturated carbocycles. The first-order valence-corrected chi connectivity index (χ1v) is 16.6. The molecule has 2 saturated heterocycles. The van der Waals surface area contributed by atoms with Gasteiger partial charge < -0.3 is 43.0 Å². The zero-order valence-corrected chi connectivity index (χ0v) is 32.0. The summed E-state index contributed by atoms with van der Waals surface area (Å²) in [4.78, 5) is 0. The smallest absolute Gasteiger partial charge is 0.163 e. The van der Waals surface area contributed by atoms with Gasteiger partial charge in [-0.2, -0.15) is 0 Å². The molecule has 0 radical (unpaired) electrons. The zero-order chi connectivity index (χ0) is 37.5. The second kappa shape index (κ2) is 23.5. The molecule has 2 unspecified atom stereocenters. The van der Waals surface area contributed by atoms with E-state index in [1.807, 2.05) is 33.8 Å². The summed E-state index contributed by atoms with van der Waals surface area (Å²) >= 11 is 0. The molecule has 0 aromatic heterocycles. The van der Waals surface area contributed by atoms with Crippen LogP contribution in [-0.4, -0.2) is 87.2 Å². The maximum Gasteiger partial charge on any atom is 0.163 e. The van der Waals surface area contributed by atoms with Gasteiger partial charge in [0.2, 0.25) is 0 Å². The van der Waals surface area contributed by atoms with Crippen LogP contribution >= 0.6 is 0 Å². The highest BCUT2D eigenvalue weighted by molar-refractivity contribution is 5.02. The number of ether oxygens (including phenoxy) is 8. The summed E-state index contributed by atoms with van der Waals surface area (Å²) in [5, 5.41) is 10.5. The molecule has 0 aliphatic carbocycles. The first-order chi connectivity index (χ1) is 22.6. The lowest BCUT2D eigenvalue weighted by atomic mass is 9.95. The molecule has 1 N–H and O–H groups in total. The van der Waals surface area contributed by atoms with Crippen molar-refractivity contribution in [2.24, 2.45) is 17.8 Å². The second-order valence-corrected chi connectivity index (χ2v) is 13.5. The van der Waals surface area contributed by atoms with Gasteiger partial charge in [0, 0.05) is 22.9 Å². The molecule has 0 amide bonds. The lowest BCUT2D eigenvalue weighted by Crippen LogP contribution is -2.34. The van der Waals surface area contributed by atoms with Crippen LogP contribution in [0.5, 0.6) is 0 Å². The van der Waals surface area contributed by atoms with Crippen molar-refractivity contribution in [2.45, 2.75) is 171 Å². The van der Waals surface area contributed by atoms with Gasteiger partial charge >= 0.3 is 0 Å². The summed E-state index contributed by atoms with van der Waals surface area (Å²) in [5.74, 6) is -0.157. The van der Waals surface area contributed by atoms with E-state index >= 15 is 0 Å². The molecule has 2 aliphatic heterocycles. The molecular formula is C37H74O9. The third-order valence-electron chi connectivity index (χ3n) is 7.62. The Hall–Kier alpha value is -0.880. The van der Waals surface area contributed by atoms with Gasteiger partial charge in [0.15, 0.2) is 11.6 Å². The summed E-state index contributed by atoms with van der Waals surface area (Å²) < 4.78 is 56.6. The summed E-state index contributed by atoms with van der Waals surface area (Å²) in [7, 11) is 5.74. The quantitative estimate of drug-likeness (QED) is 0.115. The van der Waals surface area contributed by atoms with Crippen molar-refractivity contribution in [3.63, 3.8) is 0 Å². The number of rotatable bonds is 18. The van der Waals surface area contributed by atoms with Crippen molar-refractivity contribution >= 4 is 0 Å². The fourth-order valence-electron chi connectivity index (χ4n) is 5.44. The molecule has 2 heterocycles. The molecule has 2 fully saturated rings. The first kappa shape index (κ1) is 43.1. The third kappa shape index (κ3) is 17.0. The van der Waals surface area contributed by atoms with E-state index in [1.54, 1.807) is 20.3 Å². The van der Waals surface area contributed by atoms with E-state index in [0.29, 0.717) is 18.6 Å². The number of aliphatic hydroxyl groups excluding tert-OH is 1. The fraction of sp³-hybridized carbons (Fsp3) is 0.892. The van der Waals surface area contributed by atoms with Crippen LogP contribution in [-0.2, 0) is 37.9 Å². The van der Waals surface area contributed by atoms with Gasteiger partial charge in [-0.1, -0.05) is 100 Å². The number of aliphatic hydroxyl groups is 1. The van der Waals surface area contributed by atoms with E-state index in [-0.39, 0.29) is 49.3 Å². The highest BCUT2D eigenvalue weighted by Gasteiger charge is 2.44. The molecule has 8 atom stereocenters. The molecule has 2 rings (SSSR count). The summed E-state index contributed by atoms with van der Waals surface area (Å²) in [6, 6.07) is 0. The summed E-state index contributed by atoms with van der Waals surface area (Å²) in [6.45, 7) is 23.2. The minimum absolute atomic E-state index is 0.0577. The van der Waals surface area contributed by atoms with Crippen LogP contribution < -0.4 is 0 Å². The van der Waals surface area contributed by atoms with Crippen LogP contribution in [0.25, 0.3) is 0 Å². The normalized spacial score (nSPS) is 26.7. The predicted octanol–water partition coefficient (Wildman–Crippen LogP) is 8.29. The predicted molar refractivity (Wildman–Crippen MR) is 188 cm³/mol. The monoisotopic (exact) mass is 667 g/mol. The van der Waals surface area contributed by atoms with Crippen LogP contribution in [0.4, 0.5) is 0 Å². The standard InChI is InChI=1S/C18H34O4.C17H32O5.2CH4/c1-8-9-16-17(22-18(5,6)21-16)14(4)10-11-15(13(2)3)20-12-19-7;1-7-8-15-16(22-17(4,5)21-15)13(18)9-10-14(12(2)3)20-11-19-6;;/h10-11,13-17H,8-9,12H2,1-7H3;9-10,12-16,18H,7-8,11H2,1-6H3;2*1H4/b11-10-;10-9-;;/t14?,15-,16+,17-;13?,14-,15+,16-;;/m11../s1/i;;2*1T. The molecule has 9 heteroatoms. The molecule has 276 valence electrons. The van der Waals surface area contributed by atoms with Crippen molar-refractivity contribution in [3.8, 4) is 0 Å². The van der Waals surface area contributed by atoms with Crippen molar-refractivity contribution in [2.75, 3.05) is 27.8 Å². The SMILES string of the molecule is CCC[C@@H]1OC(C)(C)O[C@@H]1C(C)/C=C\[C@@H](OCOC)C(C)C.CCC[C@@H]1OC(C)(C)O[C@@H]1C(O)/C=C\[C@@H](OCOC)C(C)C.[3H]C.[3H]C. The van der Waals surface area contributed by atoms with E-state index in [2.05, 4.69) is 60.6 Å². The molecule has 46 heavy (non-hydrogen) atoms. The highest BCUT2D eigenvalue weighted by atomic mass is 16.8. The number of hydrogen-bond donors (Lipinski definition) is 1. The van der Waals surface area contributed by atoms with Crippen molar-refractivity contribution in [3.05, 3.63) is 24.3 Å². The maximum absolute atomic E-state index is 10.5. The van der Waals surface area contributed by atoms with Gasteiger partial charge in [0.25, 0.3) is 0 Å². The average Bonchev–Trinajstić information content (AvgIpc) is 3.52. The van der Waals surface area contributed by atoms with Crippen LogP contribution in [0.3, 0.4) is 0 Å². The Bertz CT molecular complexity index is 757. The Morgan fingerprint density at radius 3 is 1.46 bits per heavy atom. The number of methoxy groups -OCH3 is 2. The molecule has 2 aliphatic rings. The van der Waals surface area contributed by atoms with E-state index in [9.17, 15) is 5.11 Å². The highest BCUT2D eigenvalue weighted by Crippen LogP contribution is 2.35. The molecule has 9 nitrogen and oxygen atoms in total. The molecular weight excluding hydrogens is 588 g/mol. The first-order valence-electron chi connectivity index (χ1n) is 18.6. The number of hydrogen-bond acceptors (Lipinski definition) is 9. The molecule has 0 aromatic rings. The van der Waals surface area contributed by atoms with Crippen LogP contribution in [0.2, 0.25) is 0 Å². The van der Waals surface area contributed by atoms with Crippen molar-refractivity contribution in [1.29, 1.82) is 0 Å². The molecule has 0 spiro atoms. The van der Waals surface area contributed by atoms with Crippen molar-refractivity contribution in [1.82, 2.24) is 0 Å². The van der Waals surface area contributed by atoms with E-state index < -0.39 is 17.7 Å². The Morgan fingerprint density at radius 2 is 1.07 bits per heavy atom. The van der Waals surface area contributed by atoms with Crippen LogP contribution in [0.1, 0.15) is 119 Å². The second-order valence-electron chi connectivity index (χ2n) is 13.5. The Kier molecular flexibility index (Phi) is 22.0. The van der Waals surface area contributed by atoms with Gasteiger partial charge in [-0.3, -0.25) is 0 Å². The third-order valence-corrected chi connectivity index (χ3v) is 7.62. The van der Waals surface area contributed by atoms with Gasteiger partial charge in [-0.25, -0.2) is 0 Å². The van der Waals surface area contributed by atoms with Gasteiger partial charge in [0.1, 0.15) is 25.8 Å². The minimum atomic E-state index is -0.717. The lowest BCUT2D eigenvalue weighted by Gasteiger charge is -2.22. The Balaban J connectivity index is 0. The van der Waals surface area contributed by atoms with Gasteiger partial charge in [-0.05, 0) is 52.4 Å². The average molecular weight is 667 g/mol. The summed E-state index contributed by atoms with van der Waals surface area (Å²) in [6.07, 6.45) is 11.0. The van der Waals surface area contributed by atoms with E-state index in [1.165, 1.54) is 14.8 Å². The van der Waals surface area contributed by atoms with Gasteiger partial charge in [-0.15, -0.1) is 0 Å². The molecule has 0 aromatic carbocycles. The zero-order valence-electron chi connectivity index (χ0n) is 34.0. The fourth-order valence-corrected chi connectivity index (χ4v) is 5.44. The van der Waals surface area contributed by atoms with E-state index in [4.69, 9.17) is 40.6 Å². The van der Waals surface area contributed by atoms with Gasteiger partial charge in [0.05, 0.1) is 30.5 Å². The lowest BCUT2D eigenvalue weighted by molar-refractivity contribution is -0.153.